The molecule has 1 saturated carbocycles. The van der Waals surface area contributed by atoms with E-state index in [0.717, 1.165) is 25.9 Å². The van der Waals surface area contributed by atoms with Crippen LogP contribution < -0.4 is 16.0 Å². The molecule has 0 radical (unpaired) electrons. The Bertz CT molecular complexity index is 193. The average molecular weight is 325 g/mol. The zero-order valence-corrected chi connectivity index (χ0v) is 11.3. The molecule has 0 unspecified atom stereocenters. The third-order valence-corrected chi connectivity index (χ3v) is 3.16. The smallest absolute Gasteiger partial charge is 0.280 e. The fourth-order valence-corrected chi connectivity index (χ4v) is 2.44. The van der Waals surface area contributed by atoms with Crippen molar-refractivity contribution in [3.63, 3.8) is 0 Å². The molecular weight excluding hydrogens is 305 g/mol. The third-order valence-electron chi connectivity index (χ3n) is 2.85. The summed E-state index contributed by atoms with van der Waals surface area (Å²) in [5.74, 6) is 0. The molecular formula is C10H20IN3O. The molecule has 15 heavy (non-hydrogen) atoms. The average Bonchev–Trinajstić information content (AvgIpc) is 2.20. The van der Waals surface area contributed by atoms with Crippen LogP contribution in [-0.4, -0.2) is 36.1 Å². The van der Waals surface area contributed by atoms with Gasteiger partial charge in [0.05, 0.1) is 0 Å². The number of halogens is 1. The summed E-state index contributed by atoms with van der Waals surface area (Å²) in [4.78, 5) is 10.9. The summed E-state index contributed by atoms with van der Waals surface area (Å²) in [5.41, 5.74) is 0. The summed E-state index contributed by atoms with van der Waals surface area (Å²) in [6.07, 6.45) is 4.55. The van der Waals surface area contributed by atoms with Crippen molar-refractivity contribution in [2.45, 2.75) is 37.8 Å². The molecule has 0 atom stereocenters. The summed E-state index contributed by atoms with van der Waals surface area (Å²) in [6.45, 7) is 2.05. The molecule has 1 aliphatic rings. The van der Waals surface area contributed by atoms with Crippen molar-refractivity contribution in [2.75, 3.05) is 20.1 Å². The first kappa shape index (κ1) is 13.2. The van der Waals surface area contributed by atoms with Crippen LogP contribution in [-0.2, 0) is 0 Å². The van der Waals surface area contributed by atoms with Crippen molar-refractivity contribution >= 4 is 26.5 Å². The Morgan fingerprint density at radius 1 is 1.20 bits per heavy atom. The zero-order chi connectivity index (χ0) is 11.1. The molecule has 1 rings (SSSR count). The summed E-state index contributed by atoms with van der Waals surface area (Å²) < 4.78 is 0.0687. The Morgan fingerprint density at radius 3 is 2.33 bits per heavy atom. The van der Waals surface area contributed by atoms with Crippen molar-refractivity contribution in [1.29, 1.82) is 0 Å². The van der Waals surface area contributed by atoms with E-state index in [1.165, 1.54) is 12.8 Å². The Morgan fingerprint density at radius 2 is 1.80 bits per heavy atom. The first-order valence-corrected chi connectivity index (χ1v) is 6.64. The third kappa shape index (κ3) is 5.67. The maximum atomic E-state index is 10.9. The fraction of sp³-hybridized carbons (Fsp3) is 0.900. The fourth-order valence-electron chi connectivity index (χ4n) is 2.00. The van der Waals surface area contributed by atoms with Gasteiger partial charge in [-0.2, -0.15) is 0 Å². The predicted octanol–water partition coefficient (Wildman–Crippen LogP) is 1.25. The molecule has 0 aromatic rings. The van der Waals surface area contributed by atoms with Gasteiger partial charge in [-0.1, -0.05) is 0 Å². The molecule has 0 heterocycles. The highest BCUT2D eigenvalue weighted by Crippen LogP contribution is 2.18. The van der Waals surface area contributed by atoms with Gasteiger partial charge in [0.15, 0.2) is 0 Å². The molecule has 0 saturated heterocycles. The van der Waals surface area contributed by atoms with Gasteiger partial charge in [-0.15, -0.1) is 0 Å². The Balaban J connectivity index is 2.10. The molecule has 0 aromatic carbocycles. The SMILES string of the molecule is CNCCNC1CCC(NC(=O)I)CC1. The monoisotopic (exact) mass is 325 g/mol. The molecule has 0 aromatic heterocycles. The lowest BCUT2D eigenvalue weighted by Crippen LogP contribution is -2.42. The van der Waals surface area contributed by atoms with Gasteiger partial charge in [-0.05, 0) is 32.7 Å². The highest BCUT2D eigenvalue weighted by atomic mass is 127. The summed E-state index contributed by atoms with van der Waals surface area (Å²) in [6, 6.07) is 1.04. The van der Waals surface area contributed by atoms with Crippen molar-refractivity contribution in [1.82, 2.24) is 16.0 Å². The van der Waals surface area contributed by atoms with Crippen LogP contribution >= 0.6 is 22.6 Å². The van der Waals surface area contributed by atoms with E-state index in [2.05, 4.69) is 16.0 Å². The molecule has 0 aliphatic heterocycles. The van der Waals surface area contributed by atoms with Crippen LogP contribution in [0.3, 0.4) is 0 Å². The first-order valence-electron chi connectivity index (χ1n) is 5.56. The second kappa shape index (κ2) is 7.40. The summed E-state index contributed by atoms with van der Waals surface area (Å²) in [7, 11) is 1.97. The largest absolute Gasteiger partial charge is 0.345 e. The first-order chi connectivity index (χ1) is 7.22. The standard InChI is InChI=1S/C10H20IN3O/c1-12-6-7-13-8-2-4-9(5-3-8)14-10(11)15/h8-9,12-13H,2-7H2,1H3,(H,14,15). The molecule has 1 fully saturated rings. The zero-order valence-electron chi connectivity index (χ0n) is 9.18. The number of carbonyl (C=O) groups is 1. The second-order valence-corrected chi connectivity index (χ2v) is 5.00. The van der Waals surface area contributed by atoms with Crippen LogP contribution in [0.2, 0.25) is 0 Å². The minimum absolute atomic E-state index is 0.0687. The molecule has 5 heteroatoms. The van der Waals surface area contributed by atoms with Crippen molar-refractivity contribution in [3.8, 4) is 0 Å². The van der Waals surface area contributed by atoms with E-state index >= 15 is 0 Å². The van der Waals surface area contributed by atoms with Crippen molar-refractivity contribution < 1.29 is 4.79 Å². The maximum Gasteiger partial charge on any atom is 0.280 e. The summed E-state index contributed by atoms with van der Waals surface area (Å²) in [5, 5.41) is 9.62. The number of carbonyl (C=O) groups excluding carboxylic acids is 1. The van der Waals surface area contributed by atoms with Gasteiger partial charge in [-0.3, -0.25) is 4.79 Å². The molecule has 1 amide bonds. The maximum absolute atomic E-state index is 10.9. The number of amides is 1. The van der Waals surface area contributed by atoms with Gasteiger partial charge in [0.1, 0.15) is 0 Å². The molecule has 0 bridgehead atoms. The molecule has 4 nitrogen and oxygen atoms in total. The molecule has 1 aliphatic carbocycles. The van der Waals surface area contributed by atoms with E-state index in [0.29, 0.717) is 12.1 Å². The molecule has 88 valence electrons. The number of rotatable bonds is 5. The number of likely N-dealkylation sites (N-methyl/N-ethyl adjacent to an activating group) is 1. The Kier molecular flexibility index (Phi) is 6.51. The van der Waals surface area contributed by atoms with Crippen molar-refractivity contribution in [3.05, 3.63) is 0 Å². The van der Waals surface area contributed by atoms with Crippen LogP contribution in [0, 0.1) is 0 Å². The van der Waals surface area contributed by atoms with E-state index in [-0.39, 0.29) is 3.91 Å². The van der Waals surface area contributed by atoms with Crippen LogP contribution in [0.15, 0.2) is 0 Å². The molecule has 0 spiro atoms. The highest BCUT2D eigenvalue weighted by Gasteiger charge is 2.20. The van der Waals surface area contributed by atoms with E-state index in [9.17, 15) is 4.79 Å². The predicted molar refractivity (Wildman–Crippen MR) is 70.5 cm³/mol. The van der Waals surface area contributed by atoms with E-state index in [1.54, 1.807) is 22.6 Å². The topological polar surface area (TPSA) is 53.2 Å². The highest BCUT2D eigenvalue weighted by molar-refractivity contribution is 14.1. The Hall–Kier alpha value is 0.120. The minimum Gasteiger partial charge on any atom is -0.345 e. The van der Waals surface area contributed by atoms with Crippen LogP contribution in [0.5, 0.6) is 0 Å². The van der Waals surface area contributed by atoms with Crippen LogP contribution in [0.1, 0.15) is 25.7 Å². The quantitative estimate of drug-likeness (QED) is 0.309. The second-order valence-electron chi connectivity index (χ2n) is 4.02. The van der Waals surface area contributed by atoms with E-state index < -0.39 is 0 Å². The lowest BCUT2D eigenvalue weighted by atomic mass is 9.91. The van der Waals surface area contributed by atoms with Gasteiger partial charge < -0.3 is 16.0 Å². The van der Waals surface area contributed by atoms with E-state index in [4.69, 9.17) is 0 Å². The summed E-state index contributed by atoms with van der Waals surface area (Å²) >= 11 is 1.80. The van der Waals surface area contributed by atoms with Gasteiger partial charge >= 0.3 is 0 Å². The lowest BCUT2D eigenvalue weighted by molar-refractivity contribution is 0.251. The van der Waals surface area contributed by atoms with Gasteiger partial charge in [0, 0.05) is 47.8 Å². The number of hydrogen-bond acceptors (Lipinski definition) is 3. The van der Waals surface area contributed by atoms with Crippen LogP contribution in [0.4, 0.5) is 4.79 Å². The Labute approximate surface area is 105 Å². The van der Waals surface area contributed by atoms with Gasteiger partial charge in [-0.25, -0.2) is 0 Å². The normalized spacial score (nSPS) is 26.3. The lowest BCUT2D eigenvalue weighted by Gasteiger charge is -2.29. The van der Waals surface area contributed by atoms with Crippen LogP contribution in [0.25, 0.3) is 0 Å². The van der Waals surface area contributed by atoms with E-state index in [1.807, 2.05) is 7.05 Å². The number of nitrogens with one attached hydrogen (secondary N) is 3. The minimum atomic E-state index is 0.0687. The van der Waals surface area contributed by atoms with Gasteiger partial charge in [0.25, 0.3) is 3.91 Å². The van der Waals surface area contributed by atoms with Crippen molar-refractivity contribution in [2.24, 2.45) is 0 Å². The molecule has 3 N–H and O–H groups in total. The number of hydrogen-bond donors (Lipinski definition) is 3. The van der Waals surface area contributed by atoms with Gasteiger partial charge in [0.2, 0.25) is 0 Å².